The van der Waals surface area contributed by atoms with Gasteiger partial charge in [-0.3, -0.25) is 9.59 Å². The molecule has 1 saturated heterocycles. The minimum atomic E-state index is -0.358. The first-order chi connectivity index (χ1) is 13.7. The topological polar surface area (TPSA) is 87.2 Å². The second-order valence-electron chi connectivity index (χ2n) is 7.38. The van der Waals surface area contributed by atoms with Crippen molar-refractivity contribution in [3.63, 3.8) is 0 Å². The van der Waals surface area contributed by atoms with Crippen LogP contribution in [0.4, 0.5) is 5.95 Å². The molecule has 7 heteroatoms. The number of benzene rings is 1. The Labute approximate surface area is 164 Å². The fourth-order valence-corrected chi connectivity index (χ4v) is 3.30. The van der Waals surface area contributed by atoms with Crippen LogP contribution in [0.1, 0.15) is 42.6 Å². The smallest absolute Gasteiger partial charge is 0.270 e. The number of anilines is 1. The summed E-state index contributed by atoms with van der Waals surface area (Å²) in [5.74, 6) is 0.0573. The molecule has 146 valence electrons. The van der Waals surface area contributed by atoms with E-state index in [-0.39, 0.29) is 30.1 Å². The normalized spacial score (nSPS) is 16.5. The lowest BCUT2D eigenvalue weighted by Gasteiger charge is -2.27. The molecule has 1 aliphatic carbocycles. The molecule has 1 aromatic carbocycles. The Morgan fingerprint density at radius 1 is 1.04 bits per heavy atom. The number of nitrogens with zero attached hydrogens (tertiary/aromatic N) is 3. The lowest BCUT2D eigenvalue weighted by atomic mass is 10.1. The van der Waals surface area contributed by atoms with Crippen LogP contribution in [0.3, 0.4) is 0 Å². The highest BCUT2D eigenvalue weighted by molar-refractivity contribution is 5.96. The molecular formula is C21H25N5O2. The van der Waals surface area contributed by atoms with E-state index in [0.717, 1.165) is 44.3 Å². The van der Waals surface area contributed by atoms with Gasteiger partial charge in [-0.25, -0.2) is 9.97 Å². The standard InChI is InChI=1S/C21H25N5O2/c27-19(23-16-9-10-16)14-22-20(28)18-13-17(15-7-3-1-4-8-15)24-21(25-18)26-11-5-2-6-12-26/h1,3-4,7-8,13,16H,2,5-6,9-12,14H2,(H,22,28)(H,23,27). The Morgan fingerprint density at radius 3 is 2.50 bits per heavy atom. The second-order valence-corrected chi connectivity index (χ2v) is 7.38. The number of aromatic nitrogens is 2. The lowest BCUT2D eigenvalue weighted by molar-refractivity contribution is -0.120. The van der Waals surface area contributed by atoms with E-state index in [1.165, 1.54) is 6.42 Å². The largest absolute Gasteiger partial charge is 0.352 e. The first-order valence-corrected chi connectivity index (χ1v) is 9.96. The quantitative estimate of drug-likeness (QED) is 0.803. The fourth-order valence-electron chi connectivity index (χ4n) is 3.30. The molecular weight excluding hydrogens is 354 g/mol. The summed E-state index contributed by atoms with van der Waals surface area (Å²) in [7, 11) is 0. The Hall–Kier alpha value is -2.96. The van der Waals surface area contributed by atoms with Crippen molar-refractivity contribution in [1.29, 1.82) is 0 Å². The summed E-state index contributed by atoms with van der Waals surface area (Å²) in [4.78, 5) is 35.9. The molecule has 28 heavy (non-hydrogen) atoms. The Morgan fingerprint density at radius 2 is 1.79 bits per heavy atom. The van der Waals surface area contributed by atoms with Crippen molar-refractivity contribution in [3.8, 4) is 11.3 Å². The van der Waals surface area contributed by atoms with Gasteiger partial charge in [0.15, 0.2) is 0 Å². The minimum absolute atomic E-state index is 0.0426. The summed E-state index contributed by atoms with van der Waals surface area (Å²) in [5, 5.41) is 5.55. The number of amides is 2. The molecule has 7 nitrogen and oxygen atoms in total. The zero-order valence-corrected chi connectivity index (χ0v) is 15.9. The molecule has 1 aromatic heterocycles. The van der Waals surface area contributed by atoms with E-state index >= 15 is 0 Å². The highest BCUT2D eigenvalue weighted by Gasteiger charge is 2.24. The van der Waals surface area contributed by atoms with Gasteiger partial charge in [0.1, 0.15) is 5.69 Å². The van der Waals surface area contributed by atoms with E-state index in [9.17, 15) is 9.59 Å². The van der Waals surface area contributed by atoms with Crippen LogP contribution in [0.5, 0.6) is 0 Å². The van der Waals surface area contributed by atoms with Crippen LogP contribution < -0.4 is 15.5 Å². The number of rotatable bonds is 6. The maximum Gasteiger partial charge on any atom is 0.270 e. The first kappa shape index (κ1) is 18.4. The third-order valence-corrected chi connectivity index (χ3v) is 5.01. The van der Waals surface area contributed by atoms with Crippen LogP contribution in [0, 0.1) is 0 Å². The van der Waals surface area contributed by atoms with Gasteiger partial charge in [0.05, 0.1) is 12.2 Å². The Kier molecular flexibility index (Phi) is 5.50. The molecule has 0 unspecified atom stereocenters. The molecule has 0 bridgehead atoms. The van der Waals surface area contributed by atoms with Crippen LogP contribution in [0.25, 0.3) is 11.3 Å². The summed E-state index contributed by atoms with van der Waals surface area (Å²) in [6, 6.07) is 11.7. The predicted molar refractivity (Wildman–Crippen MR) is 107 cm³/mol. The van der Waals surface area contributed by atoms with Crippen LogP contribution >= 0.6 is 0 Å². The molecule has 1 saturated carbocycles. The number of hydrogen-bond acceptors (Lipinski definition) is 5. The third-order valence-electron chi connectivity index (χ3n) is 5.01. The van der Waals surface area contributed by atoms with Gasteiger partial charge in [0.2, 0.25) is 11.9 Å². The van der Waals surface area contributed by atoms with Crippen molar-refractivity contribution in [2.45, 2.75) is 38.1 Å². The third kappa shape index (κ3) is 4.65. The lowest BCUT2D eigenvalue weighted by Crippen LogP contribution is -2.38. The van der Waals surface area contributed by atoms with Crippen LogP contribution in [-0.2, 0) is 4.79 Å². The zero-order chi connectivity index (χ0) is 19.3. The average Bonchev–Trinajstić information content (AvgIpc) is 3.57. The SMILES string of the molecule is O=C(CNC(=O)c1cc(-c2ccccc2)nc(N2CCCCC2)n1)NC1CC1. The summed E-state index contributed by atoms with van der Waals surface area (Å²) in [6.07, 6.45) is 5.44. The summed E-state index contributed by atoms with van der Waals surface area (Å²) < 4.78 is 0. The number of nitrogens with one attached hydrogen (secondary N) is 2. The number of carbonyl (C=O) groups is 2. The molecule has 2 heterocycles. The molecule has 0 atom stereocenters. The predicted octanol–water partition coefficient (Wildman–Crippen LogP) is 2.14. The van der Waals surface area contributed by atoms with Crippen molar-refractivity contribution in [2.75, 3.05) is 24.5 Å². The summed E-state index contributed by atoms with van der Waals surface area (Å²) >= 11 is 0. The number of carbonyl (C=O) groups excluding carboxylic acids is 2. The van der Waals surface area contributed by atoms with Crippen LogP contribution in [0.2, 0.25) is 0 Å². The summed E-state index contributed by atoms with van der Waals surface area (Å²) in [6.45, 7) is 1.74. The van der Waals surface area contributed by atoms with Gasteiger partial charge < -0.3 is 15.5 Å². The molecule has 1 aliphatic heterocycles. The highest BCUT2D eigenvalue weighted by Crippen LogP contribution is 2.23. The van der Waals surface area contributed by atoms with E-state index in [1.807, 2.05) is 30.3 Å². The molecule has 4 rings (SSSR count). The molecule has 2 aromatic rings. The fraction of sp³-hybridized carbons (Fsp3) is 0.429. The van der Waals surface area contributed by atoms with Gasteiger partial charge in [-0.05, 0) is 38.2 Å². The van der Waals surface area contributed by atoms with Crippen molar-refractivity contribution in [1.82, 2.24) is 20.6 Å². The van der Waals surface area contributed by atoms with Crippen LogP contribution in [0.15, 0.2) is 36.4 Å². The van der Waals surface area contributed by atoms with Gasteiger partial charge in [-0.2, -0.15) is 0 Å². The molecule has 2 amide bonds. The van der Waals surface area contributed by atoms with E-state index in [1.54, 1.807) is 6.07 Å². The van der Waals surface area contributed by atoms with Crippen molar-refractivity contribution < 1.29 is 9.59 Å². The molecule has 2 aliphatic rings. The maximum atomic E-state index is 12.7. The number of piperidine rings is 1. The van der Waals surface area contributed by atoms with Gasteiger partial charge in [-0.15, -0.1) is 0 Å². The van der Waals surface area contributed by atoms with Gasteiger partial charge in [0.25, 0.3) is 5.91 Å². The second kappa shape index (κ2) is 8.37. The van der Waals surface area contributed by atoms with E-state index < -0.39 is 0 Å². The first-order valence-electron chi connectivity index (χ1n) is 9.96. The average molecular weight is 379 g/mol. The van der Waals surface area contributed by atoms with Gasteiger partial charge >= 0.3 is 0 Å². The maximum absolute atomic E-state index is 12.7. The zero-order valence-electron chi connectivity index (χ0n) is 15.9. The Balaban J connectivity index is 1.55. The summed E-state index contributed by atoms with van der Waals surface area (Å²) in [5.41, 5.74) is 1.93. The monoisotopic (exact) mass is 379 g/mol. The van der Waals surface area contributed by atoms with Gasteiger partial charge in [-0.1, -0.05) is 30.3 Å². The van der Waals surface area contributed by atoms with E-state index in [0.29, 0.717) is 11.6 Å². The molecule has 0 spiro atoms. The van der Waals surface area contributed by atoms with Crippen LogP contribution in [-0.4, -0.2) is 47.5 Å². The van der Waals surface area contributed by atoms with E-state index in [4.69, 9.17) is 4.98 Å². The van der Waals surface area contributed by atoms with Crippen molar-refractivity contribution in [2.24, 2.45) is 0 Å². The van der Waals surface area contributed by atoms with Crippen molar-refractivity contribution >= 4 is 17.8 Å². The van der Waals surface area contributed by atoms with E-state index in [2.05, 4.69) is 20.5 Å². The van der Waals surface area contributed by atoms with Gasteiger partial charge in [0, 0.05) is 24.7 Å². The molecule has 2 fully saturated rings. The highest BCUT2D eigenvalue weighted by atomic mass is 16.2. The molecule has 0 radical (unpaired) electrons. The Bertz CT molecular complexity index is 845. The minimum Gasteiger partial charge on any atom is -0.352 e. The number of hydrogen-bond donors (Lipinski definition) is 2. The molecule has 2 N–H and O–H groups in total. The van der Waals surface area contributed by atoms with Crippen molar-refractivity contribution in [3.05, 3.63) is 42.1 Å².